The summed E-state index contributed by atoms with van der Waals surface area (Å²) in [6.07, 6.45) is 0.0922. The summed E-state index contributed by atoms with van der Waals surface area (Å²) >= 11 is 5.92. The first kappa shape index (κ1) is 19.2. The number of nitrogens with zero attached hydrogens (tertiary/aromatic N) is 2. The smallest absolute Gasteiger partial charge is 0.323 e. The number of carbonyl (C=O) groups excluding carboxylic acids is 1. The van der Waals surface area contributed by atoms with E-state index in [2.05, 4.69) is 0 Å². The van der Waals surface area contributed by atoms with Crippen molar-refractivity contribution >= 4 is 29.4 Å². The van der Waals surface area contributed by atoms with E-state index in [0.29, 0.717) is 5.02 Å². The van der Waals surface area contributed by atoms with E-state index < -0.39 is 36.0 Å². The zero-order valence-corrected chi connectivity index (χ0v) is 15.0. The monoisotopic (exact) mass is 368 g/mol. The lowest BCUT2D eigenvalue weighted by atomic mass is 9.89. The Labute approximate surface area is 150 Å². The summed E-state index contributed by atoms with van der Waals surface area (Å²) in [5.41, 5.74) is -0.465. The second-order valence-corrected chi connectivity index (χ2v) is 7.02. The lowest BCUT2D eigenvalue weighted by Gasteiger charge is -2.32. The van der Waals surface area contributed by atoms with Gasteiger partial charge < -0.3 is 15.1 Å². The fourth-order valence-corrected chi connectivity index (χ4v) is 3.53. The molecule has 1 heterocycles. The second kappa shape index (κ2) is 7.01. The minimum atomic E-state index is -1.23. The van der Waals surface area contributed by atoms with Crippen molar-refractivity contribution in [1.82, 2.24) is 9.80 Å². The number of hydrogen-bond acceptors (Lipinski definition) is 4. The van der Waals surface area contributed by atoms with E-state index in [9.17, 15) is 19.5 Å². The summed E-state index contributed by atoms with van der Waals surface area (Å²) in [5, 5.41) is 19.1. The lowest BCUT2D eigenvalue weighted by Crippen LogP contribution is -2.46. The van der Waals surface area contributed by atoms with E-state index in [0.717, 1.165) is 10.5 Å². The van der Waals surface area contributed by atoms with Gasteiger partial charge in [-0.3, -0.25) is 19.3 Å². The predicted molar refractivity (Wildman–Crippen MR) is 91.4 cm³/mol. The van der Waals surface area contributed by atoms with Crippen molar-refractivity contribution in [2.75, 3.05) is 20.6 Å². The highest BCUT2D eigenvalue weighted by Crippen LogP contribution is 2.46. The zero-order chi connectivity index (χ0) is 18.9. The number of hydrogen-bond donors (Lipinski definition) is 2. The number of carboxylic acid groups (broad SMARTS) is 2. The first-order valence-electron chi connectivity index (χ1n) is 7.76. The Bertz CT molecular complexity index is 693. The minimum absolute atomic E-state index is 0.0922. The molecule has 0 radical (unpaired) electrons. The molecule has 1 aliphatic heterocycles. The predicted octanol–water partition coefficient (Wildman–Crippen LogP) is 1.72. The molecule has 25 heavy (non-hydrogen) atoms. The van der Waals surface area contributed by atoms with Gasteiger partial charge in [0.1, 0.15) is 12.1 Å². The molecular weight excluding hydrogens is 348 g/mol. The van der Waals surface area contributed by atoms with Crippen LogP contribution in [0.25, 0.3) is 0 Å². The molecule has 0 aromatic heterocycles. The molecular formula is C17H21ClN2O5. The average molecular weight is 369 g/mol. The van der Waals surface area contributed by atoms with Crippen LogP contribution in [0.15, 0.2) is 24.3 Å². The molecule has 7 nitrogen and oxygen atoms in total. The summed E-state index contributed by atoms with van der Waals surface area (Å²) in [7, 11) is 3.07. The van der Waals surface area contributed by atoms with Crippen LogP contribution in [0.4, 0.5) is 0 Å². The fourth-order valence-electron chi connectivity index (χ4n) is 3.40. The van der Waals surface area contributed by atoms with Gasteiger partial charge in [0.05, 0.1) is 5.92 Å². The van der Waals surface area contributed by atoms with Crippen molar-refractivity contribution in [3.63, 3.8) is 0 Å². The molecule has 8 heteroatoms. The number of halogens is 1. The summed E-state index contributed by atoms with van der Waals surface area (Å²) in [6.45, 7) is 1.14. The van der Waals surface area contributed by atoms with E-state index in [1.807, 2.05) is 0 Å². The molecule has 2 unspecified atom stereocenters. The van der Waals surface area contributed by atoms with Crippen molar-refractivity contribution in [3.05, 3.63) is 34.9 Å². The van der Waals surface area contributed by atoms with Crippen molar-refractivity contribution in [2.24, 2.45) is 5.92 Å². The third kappa shape index (κ3) is 3.62. The van der Waals surface area contributed by atoms with Gasteiger partial charge in [-0.2, -0.15) is 0 Å². The summed E-state index contributed by atoms with van der Waals surface area (Å²) in [6, 6.07) is 6.40. The topological polar surface area (TPSA) is 98.2 Å². The lowest BCUT2D eigenvalue weighted by molar-refractivity contribution is -0.148. The maximum Gasteiger partial charge on any atom is 0.323 e. The molecule has 0 aliphatic carbocycles. The van der Waals surface area contributed by atoms with Crippen LogP contribution in [0.1, 0.15) is 24.9 Å². The van der Waals surface area contributed by atoms with Gasteiger partial charge in [-0.1, -0.05) is 23.7 Å². The number of aliphatic carboxylic acids is 2. The third-order valence-corrected chi connectivity index (χ3v) is 5.18. The highest BCUT2D eigenvalue weighted by Gasteiger charge is 2.54. The van der Waals surface area contributed by atoms with Gasteiger partial charge in [0.25, 0.3) is 0 Å². The Hall–Kier alpha value is -2.12. The molecule has 2 rings (SSSR count). The van der Waals surface area contributed by atoms with E-state index >= 15 is 0 Å². The number of amides is 1. The highest BCUT2D eigenvalue weighted by atomic mass is 35.5. The number of likely N-dealkylation sites (tertiary alicyclic amines) is 1. The molecule has 136 valence electrons. The summed E-state index contributed by atoms with van der Waals surface area (Å²) in [4.78, 5) is 38.3. The molecule has 1 saturated heterocycles. The Balaban J connectivity index is 2.43. The van der Waals surface area contributed by atoms with Gasteiger partial charge in [0.15, 0.2) is 0 Å². The quantitative estimate of drug-likeness (QED) is 0.821. The molecule has 1 amide bonds. The molecule has 0 spiro atoms. The summed E-state index contributed by atoms with van der Waals surface area (Å²) in [5.74, 6) is -3.20. The number of carboxylic acids is 2. The molecule has 3 atom stereocenters. The normalized spacial score (nSPS) is 26.4. The maximum absolute atomic E-state index is 12.8. The molecule has 0 bridgehead atoms. The van der Waals surface area contributed by atoms with Crippen LogP contribution in [0, 0.1) is 5.92 Å². The first-order chi connectivity index (χ1) is 11.6. The van der Waals surface area contributed by atoms with Crippen molar-refractivity contribution in [1.29, 1.82) is 0 Å². The van der Waals surface area contributed by atoms with E-state index in [1.165, 1.54) is 7.05 Å². The van der Waals surface area contributed by atoms with Gasteiger partial charge in [0.2, 0.25) is 5.91 Å². The molecule has 1 aliphatic rings. The second-order valence-electron chi connectivity index (χ2n) is 6.58. The summed E-state index contributed by atoms with van der Waals surface area (Å²) < 4.78 is 0. The van der Waals surface area contributed by atoms with Crippen molar-refractivity contribution in [3.8, 4) is 0 Å². The number of carbonyl (C=O) groups is 3. The standard InChI is InChI=1S/C17H21ClN2O5/c1-17(16(24)25)8-12(15(23)19(2)9-13(21)22)14(20(17)3)10-4-6-11(18)7-5-10/h4-7,12,14H,8-9H2,1-3H3,(H,21,22)(H,24,25)/t12?,14?,17-/m0/s1. The number of likely N-dealkylation sites (N-methyl/N-ethyl adjacent to an activating group) is 2. The molecule has 1 aromatic rings. The van der Waals surface area contributed by atoms with Crippen LogP contribution < -0.4 is 0 Å². The SMILES string of the molecule is CN(CC(=O)O)C(=O)C1C[C@@](C)(C(=O)O)N(C)C1c1ccc(Cl)cc1. The van der Waals surface area contributed by atoms with Crippen LogP contribution in [0.5, 0.6) is 0 Å². The van der Waals surface area contributed by atoms with Gasteiger partial charge in [-0.25, -0.2) is 0 Å². The Morgan fingerprint density at radius 1 is 1.28 bits per heavy atom. The minimum Gasteiger partial charge on any atom is -0.480 e. The Kier molecular flexibility index (Phi) is 5.39. The van der Waals surface area contributed by atoms with E-state index in [4.69, 9.17) is 16.7 Å². The van der Waals surface area contributed by atoms with Crippen LogP contribution in [-0.4, -0.2) is 64.0 Å². The fraction of sp³-hybridized carbons (Fsp3) is 0.471. The highest BCUT2D eigenvalue weighted by molar-refractivity contribution is 6.30. The Morgan fingerprint density at radius 2 is 1.84 bits per heavy atom. The molecule has 0 saturated carbocycles. The Morgan fingerprint density at radius 3 is 2.32 bits per heavy atom. The van der Waals surface area contributed by atoms with Gasteiger partial charge in [-0.05, 0) is 38.1 Å². The maximum atomic E-state index is 12.8. The molecule has 1 fully saturated rings. The van der Waals surface area contributed by atoms with Crippen LogP contribution in [-0.2, 0) is 14.4 Å². The van der Waals surface area contributed by atoms with Gasteiger partial charge in [-0.15, -0.1) is 0 Å². The first-order valence-corrected chi connectivity index (χ1v) is 8.14. The van der Waals surface area contributed by atoms with Gasteiger partial charge in [0, 0.05) is 18.1 Å². The van der Waals surface area contributed by atoms with E-state index in [1.54, 1.807) is 43.1 Å². The van der Waals surface area contributed by atoms with Crippen LogP contribution >= 0.6 is 11.6 Å². The number of rotatable bonds is 5. The zero-order valence-electron chi connectivity index (χ0n) is 14.3. The molecule has 2 N–H and O–H groups in total. The van der Waals surface area contributed by atoms with Crippen LogP contribution in [0.3, 0.4) is 0 Å². The molecule has 1 aromatic carbocycles. The number of benzene rings is 1. The van der Waals surface area contributed by atoms with Crippen molar-refractivity contribution in [2.45, 2.75) is 24.9 Å². The van der Waals surface area contributed by atoms with Crippen molar-refractivity contribution < 1.29 is 24.6 Å². The largest absolute Gasteiger partial charge is 0.480 e. The average Bonchev–Trinajstić information content (AvgIpc) is 2.80. The third-order valence-electron chi connectivity index (χ3n) is 4.93. The van der Waals surface area contributed by atoms with Gasteiger partial charge >= 0.3 is 11.9 Å². The van der Waals surface area contributed by atoms with Crippen LogP contribution in [0.2, 0.25) is 5.02 Å². The van der Waals surface area contributed by atoms with E-state index in [-0.39, 0.29) is 12.3 Å².